The number of nitrogens with two attached hydrogens (primary N) is 1. The zero-order chi connectivity index (χ0) is 14.7. The molecule has 0 aliphatic rings. The summed E-state index contributed by atoms with van der Waals surface area (Å²) < 4.78 is 0. The molecule has 0 bridgehead atoms. The third-order valence-corrected chi connectivity index (χ3v) is 3.05. The summed E-state index contributed by atoms with van der Waals surface area (Å²) in [4.78, 5) is 18.0. The Balaban J connectivity index is 2.25. The first-order valence-electron chi connectivity index (χ1n) is 6.28. The Kier molecular flexibility index (Phi) is 3.89. The highest BCUT2D eigenvalue weighted by Crippen LogP contribution is 2.23. The van der Waals surface area contributed by atoms with Crippen molar-refractivity contribution in [1.82, 2.24) is 4.98 Å². The number of carbonyl (C=O) groups excluding carboxylic acids is 1. The first-order valence-corrected chi connectivity index (χ1v) is 6.28. The number of nitrogens with zero attached hydrogens (tertiary/aromatic N) is 2. The molecule has 0 saturated carbocycles. The number of nitrogen functional groups attached to an aromatic ring is 1. The minimum absolute atomic E-state index is 0.238. The summed E-state index contributed by atoms with van der Waals surface area (Å²) in [6, 6.07) is 7.38. The Bertz CT molecular complexity index is 638. The monoisotopic (exact) mass is 270 g/mol. The number of benzene rings is 1. The van der Waals surface area contributed by atoms with Crippen molar-refractivity contribution in [3.63, 3.8) is 0 Å². The Morgan fingerprint density at radius 3 is 2.70 bits per heavy atom. The van der Waals surface area contributed by atoms with Crippen LogP contribution in [-0.4, -0.2) is 25.0 Å². The van der Waals surface area contributed by atoms with E-state index in [0.717, 1.165) is 16.9 Å². The van der Waals surface area contributed by atoms with Gasteiger partial charge in [-0.2, -0.15) is 0 Å². The van der Waals surface area contributed by atoms with Crippen molar-refractivity contribution in [3.8, 4) is 0 Å². The van der Waals surface area contributed by atoms with Crippen LogP contribution < -0.4 is 16.0 Å². The van der Waals surface area contributed by atoms with E-state index in [1.54, 1.807) is 12.3 Å². The molecule has 2 aromatic rings. The van der Waals surface area contributed by atoms with Gasteiger partial charge < -0.3 is 16.0 Å². The SMILES string of the molecule is Cc1ccc(NC(=O)c2ccncc2N)cc1N(C)C. The second kappa shape index (κ2) is 5.61. The molecule has 20 heavy (non-hydrogen) atoms. The Labute approximate surface area is 118 Å². The second-order valence-corrected chi connectivity index (χ2v) is 4.81. The van der Waals surface area contributed by atoms with Crippen molar-refractivity contribution < 1.29 is 4.79 Å². The summed E-state index contributed by atoms with van der Waals surface area (Å²) >= 11 is 0. The lowest BCUT2D eigenvalue weighted by molar-refractivity contribution is 0.102. The summed E-state index contributed by atoms with van der Waals surface area (Å²) in [5.41, 5.74) is 9.48. The fourth-order valence-corrected chi connectivity index (χ4v) is 1.98. The number of nitrogens with one attached hydrogen (secondary N) is 1. The molecule has 0 unspecified atom stereocenters. The van der Waals surface area contributed by atoms with Crippen LogP contribution in [0, 0.1) is 6.92 Å². The third-order valence-electron chi connectivity index (χ3n) is 3.05. The van der Waals surface area contributed by atoms with Crippen LogP contribution in [0.3, 0.4) is 0 Å². The van der Waals surface area contributed by atoms with Gasteiger partial charge in [-0.3, -0.25) is 9.78 Å². The van der Waals surface area contributed by atoms with Gasteiger partial charge in [-0.15, -0.1) is 0 Å². The Morgan fingerprint density at radius 1 is 1.30 bits per heavy atom. The Hall–Kier alpha value is -2.56. The van der Waals surface area contributed by atoms with Crippen LogP contribution in [-0.2, 0) is 0 Å². The summed E-state index contributed by atoms with van der Waals surface area (Å²) in [6.45, 7) is 2.03. The zero-order valence-electron chi connectivity index (χ0n) is 11.8. The van der Waals surface area contributed by atoms with Gasteiger partial charge in [0, 0.05) is 31.7 Å². The molecule has 0 atom stereocenters. The number of amides is 1. The first kappa shape index (κ1) is 13.9. The summed E-state index contributed by atoms with van der Waals surface area (Å²) in [7, 11) is 3.93. The van der Waals surface area contributed by atoms with E-state index in [1.807, 2.05) is 44.1 Å². The van der Waals surface area contributed by atoms with Crippen molar-refractivity contribution in [1.29, 1.82) is 0 Å². The number of anilines is 3. The van der Waals surface area contributed by atoms with Gasteiger partial charge in [0.05, 0.1) is 17.4 Å². The van der Waals surface area contributed by atoms with Gasteiger partial charge in [0.25, 0.3) is 5.91 Å². The van der Waals surface area contributed by atoms with E-state index in [0.29, 0.717) is 11.3 Å². The molecule has 0 spiro atoms. The normalized spacial score (nSPS) is 10.2. The van der Waals surface area contributed by atoms with Crippen molar-refractivity contribution in [2.45, 2.75) is 6.92 Å². The van der Waals surface area contributed by atoms with Crippen LogP contribution in [0.1, 0.15) is 15.9 Å². The number of pyridine rings is 1. The summed E-state index contributed by atoms with van der Waals surface area (Å²) in [5, 5.41) is 2.85. The molecule has 0 saturated heterocycles. The lowest BCUT2D eigenvalue weighted by Crippen LogP contribution is -2.15. The molecule has 0 aliphatic carbocycles. The molecule has 1 amide bonds. The smallest absolute Gasteiger partial charge is 0.257 e. The van der Waals surface area contributed by atoms with Crippen LogP contribution in [0.4, 0.5) is 17.1 Å². The van der Waals surface area contributed by atoms with Gasteiger partial charge in [0.2, 0.25) is 0 Å². The van der Waals surface area contributed by atoms with Gasteiger partial charge in [-0.1, -0.05) is 6.07 Å². The molecule has 1 aromatic carbocycles. The molecule has 0 aliphatic heterocycles. The predicted octanol–water partition coefficient (Wildman–Crippen LogP) is 2.29. The van der Waals surface area contributed by atoms with Crippen molar-refractivity contribution >= 4 is 23.0 Å². The van der Waals surface area contributed by atoms with E-state index in [1.165, 1.54) is 6.20 Å². The fraction of sp³-hybridized carbons (Fsp3) is 0.200. The van der Waals surface area contributed by atoms with E-state index in [4.69, 9.17) is 5.73 Å². The van der Waals surface area contributed by atoms with Crippen LogP contribution in [0.25, 0.3) is 0 Å². The van der Waals surface area contributed by atoms with E-state index >= 15 is 0 Å². The van der Waals surface area contributed by atoms with Crippen LogP contribution in [0.5, 0.6) is 0 Å². The quantitative estimate of drug-likeness (QED) is 0.897. The van der Waals surface area contributed by atoms with Gasteiger partial charge >= 0.3 is 0 Å². The molecule has 2 rings (SSSR count). The van der Waals surface area contributed by atoms with Gasteiger partial charge in [-0.05, 0) is 30.7 Å². The molecule has 0 radical (unpaired) electrons. The van der Waals surface area contributed by atoms with Crippen LogP contribution in [0.15, 0.2) is 36.7 Å². The largest absolute Gasteiger partial charge is 0.397 e. The fourth-order valence-electron chi connectivity index (χ4n) is 1.98. The van der Waals surface area contributed by atoms with Crippen molar-refractivity contribution in [2.24, 2.45) is 0 Å². The number of aromatic nitrogens is 1. The van der Waals surface area contributed by atoms with E-state index in [2.05, 4.69) is 10.3 Å². The first-order chi connectivity index (χ1) is 9.49. The molecule has 5 nitrogen and oxygen atoms in total. The average molecular weight is 270 g/mol. The minimum Gasteiger partial charge on any atom is -0.397 e. The lowest BCUT2D eigenvalue weighted by atomic mass is 10.1. The maximum atomic E-state index is 12.2. The molecule has 3 N–H and O–H groups in total. The zero-order valence-corrected chi connectivity index (χ0v) is 11.8. The molecule has 5 heteroatoms. The topological polar surface area (TPSA) is 71.2 Å². The standard InChI is InChI=1S/C15H18N4O/c1-10-4-5-11(8-14(10)19(2)3)18-15(20)12-6-7-17-9-13(12)16/h4-9H,16H2,1-3H3,(H,18,20). The molecule has 104 valence electrons. The van der Waals surface area contributed by atoms with E-state index in [9.17, 15) is 4.79 Å². The number of aryl methyl sites for hydroxylation is 1. The number of hydrogen-bond acceptors (Lipinski definition) is 4. The minimum atomic E-state index is -0.238. The summed E-state index contributed by atoms with van der Waals surface area (Å²) in [5.74, 6) is -0.238. The Morgan fingerprint density at radius 2 is 2.05 bits per heavy atom. The number of hydrogen-bond donors (Lipinski definition) is 2. The van der Waals surface area contributed by atoms with E-state index in [-0.39, 0.29) is 5.91 Å². The number of rotatable bonds is 3. The molecular weight excluding hydrogens is 252 g/mol. The number of carbonyl (C=O) groups is 1. The van der Waals surface area contributed by atoms with Crippen molar-refractivity contribution in [2.75, 3.05) is 30.0 Å². The second-order valence-electron chi connectivity index (χ2n) is 4.81. The molecular formula is C15H18N4O. The highest BCUT2D eigenvalue weighted by molar-refractivity contribution is 6.07. The summed E-state index contributed by atoms with van der Waals surface area (Å²) in [6.07, 6.45) is 3.01. The highest BCUT2D eigenvalue weighted by atomic mass is 16.1. The van der Waals surface area contributed by atoms with Crippen LogP contribution in [0.2, 0.25) is 0 Å². The van der Waals surface area contributed by atoms with Gasteiger partial charge in [-0.25, -0.2) is 0 Å². The van der Waals surface area contributed by atoms with Crippen molar-refractivity contribution in [3.05, 3.63) is 47.8 Å². The molecule has 1 aromatic heterocycles. The molecule has 1 heterocycles. The average Bonchev–Trinajstić information content (AvgIpc) is 2.41. The maximum Gasteiger partial charge on any atom is 0.257 e. The molecule has 0 fully saturated rings. The van der Waals surface area contributed by atoms with Gasteiger partial charge in [0.1, 0.15) is 0 Å². The van der Waals surface area contributed by atoms with E-state index < -0.39 is 0 Å². The van der Waals surface area contributed by atoms with Crippen LogP contribution >= 0.6 is 0 Å². The lowest BCUT2D eigenvalue weighted by Gasteiger charge is -2.17. The third kappa shape index (κ3) is 2.88. The highest BCUT2D eigenvalue weighted by Gasteiger charge is 2.10. The maximum absolute atomic E-state index is 12.2. The predicted molar refractivity (Wildman–Crippen MR) is 82.1 cm³/mol. The van der Waals surface area contributed by atoms with Gasteiger partial charge in [0.15, 0.2) is 0 Å².